The van der Waals surface area contributed by atoms with Gasteiger partial charge in [0.1, 0.15) is 42.0 Å². The molecule has 3 atom stereocenters. The van der Waals surface area contributed by atoms with E-state index in [9.17, 15) is 57.6 Å². The molecule has 2 aliphatic rings. The summed E-state index contributed by atoms with van der Waals surface area (Å²) in [6.45, 7) is 0.473. The van der Waals surface area contributed by atoms with Gasteiger partial charge in [0.15, 0.2) is 11.4 Å². The number of nitro groups is 1. The number of benzene rings is 2. The molecule has 3 unspecified atom stereocenters. The van der Waals surface area contributed by atoms with Gasteiger partial charge in [-0.3, -0.25) is 33.9 Å². The third-order valence-electron chi connectivity index (χ3n) is 17.3. The van der Waals surface area contributed by atoms with E-state index in [1.54, 1.807) is 73.8 Å². The van der Waals surface area contributed by atoms with Crippen LogP contribution in [0, 0.1) is 17.0 Å². The lowest BCUT2D eigenvalue weighted by Crippen LogP contribution is -2.54. The Morgan fingerprint density at radius 2 is 1.50 bits per heavy atom. The van der Waals surface area contributed by atoms with Crippen molar-refractivity contribution >= 4 is 82.6 Å². The molecule has 3 amide bonds. The number of aromatic nitrogens is 3. The maximum absolute atomic E-state index is 17.6. The van der Waals surface area contributed by atoms with Crippen molar-refractivity contribution in [2.45, 2.75) is 116 Å². The highest BCUT2D eigenvalue weighted by atomic mass is 32.2. The van der Waals surface area contributed by atoms with Crippen LogP contribution < -0.4 is 30.3 Å². The van der Waals surface area contributed by atoms with Crippen LogP contribution in [0.3, 0.4) is 0 Å². The van der Waals surface area contributed by atoms with Gasteiger partial charge in [-0.2, -0.15) is 8.42 Å². The number of amides is 3. The zero-order chi connectivity index (χ0) is 76.1. The molecule has 5 heterocycles. The summed E-state index contributed by atoms with van der Waals surface area (Å²) < 4.78 is 93.6. The van der Waals surface area contributed by atoms with Crippen molar-refractivity contribution in [1.29, 1.82) is 0 Å². The molecule has 9 N–H and O–H groups in total. The fourth-order valence-corrected chi connectivity index (χ4v) is 12.9. The number of ether oxygens (including phenoxy) is 3. The van der Waals surface area contributed by atoms with Gasteiger partial charge in [0.25, 0.3) is 15.8 Å². The summed E-state index contributed by atoms with van der Waals surface area (Å²) in [7, 11) is 9.80. The van der Waals surface area contributed by atoms with Crippen molar-refractivity contribution in [3.05, 3.63) is 139 Å². The van der Waals surface area contributed by atoms with Gasteiger partial charge in [0.05, 0.1) is 90.9 Å². The topological polar surface area (TPSA) is 370 Å². The number of H-pyrrole nitrogens is 1. The van der Waals surface area contributed by atoms with Gasteiger partial charge in [-0.15, -0.1) is 9.06 Å². The summed E-state index contributed by atoms with van der Waals surface area (Å²) in [6, 6.07) is 14.6. The van der Waals surface area contributed by atoms with Gasteiger partial charge >= 0.3 is 13.1 Å². The van der Waals surface area contributed by atoms with Crippen LogP contribution in [-0.4, -0.2) is 226 Å². The van der Waals surface area contributed by atoms with E-state index in [-0.39, 0.29) is 91.7 Å². The SMILES string of the molecule is Cc1ccc(C2=[N+]3C(=Cc4c(CCCS(=O)(=O)O)cc(C=Cc5ccc(OCCCC(=O)NC(CCCC[N+](C)(C)C)C(=O)NC(CCCC[N+](C)(C)C)C(=O)NCCN(C)CCOc6cc([N+](=O)[O-])c(C(C)OC(=O)On7c(O)ccc7O)cc6CO)cc5)n4[B-]3(F)F)C(CCCSOOO)=C2)[nH]1. The number of likely N-dealkylation sites (N-methyl/N-ethyl adjacent to an activating group) is 1. The Labute approximate surface area is 608 Å². The number of aliphatic hydroxyl groups is 1. The number of aromatic hydroxyl groups is 2. The number of aliphatic hydroxyl groups excluding tert-OH is 1. The Bertz CT molecular complexity index is 4010. The highest BCUT2D eigenvalue weighted by Crippen LogP contribution is 2.41. The molecule has 0 fully saturated rings. The van der Waals surface area contributed by atoms with E-state index in [0.29, 0.717) is 92.7 Å². The summed E-state index contributed by atoms with van der Waals surface area (Å²) in [5.41, 5.74) is 3.45. The van der Waals surface area contributed by atoms with Gasteiger partial charge in [0.2, 0.25) is 29.5 Å². The van der Waals surface area contributed by atoms with Gasteiger partial charge in [-0.25, -0.2) is 10.1 Å². The number of quaternary nitrogens is 2. The Morgan fingerprint density at radius 1 is 0.827 bits per heavy atom. The van der Waals surface area contributed by atoms with E-state index in [4.69, 9.17) is 24.3 Å². The van der Waals surface area contributed by atoms with Crippen molar-refractivity contribution in [3.63, 3.8) is 0 Å². The summed E-state index contributed by atoms with van der Waals surface area (Å²) >= 11 is 0.861. The molecule has 30 nitrogen and oxygen atoms in total. The maximum atomic E-state index is 17.6. The quantitative estimate of drug-likeness (QED) is 0.00206. The monoisotopic (exact) mass is 1500 g/mol. The average Bonchev–Trinajstić information content (AvgIpc) is 1.54. The Hall–Kier alpha value is -8.65. The number of hydrogen-bond donors (Lipinski definition) is 9. The van der Waals surface area contributed by atoms with Crippen LogP contribution in [-0.2, 0) is 51.6 Å². The average molecular weight is 1500 g/mol. The first kappa shape index (κ1) is 82.6. The molecule has 35 heteroatoms. The number of halogens is 2. The number of carbonyl (C=O) groups is 4. The van der Waals surface area contributed by atoms with Crippen LogP contribution in [0.4, 0.5) is 19.1 Å². The third kappa shape index (κ3) is 24.8. The first-order valence-electron chi connectivity index (χ1n) is 34.3. The van der Waals surface area contributed by atoms with Crippen LogP contribution in [0.25, 0.3) is 18.2 Å². The minimum Gasteiger partial charge on any atom is -0.494 e. The van der Waals surface area contributed by atoms with E-state index >= 15 is 8.63 Å². The molecule has 3 aromatic heterocycles. The fourth-order valence-electron chi connectivity index (χ4n) is 12.0. The number of nitrogens with zero attached hydrogens (tertiary/aromatic N) is 7. The maximum Gasteiger partial charge on any atom is 0.737 e. The molecule has 0 radical (unpaired) electrons. The highest BCUT2D eigenvalue weighted by molar-refractivity contribution is 7.94. The smallest absolute Gasteiger partial charge is 0.494 e. The number of nitro benzene ring substituents is 1. The second kappa shape index (κ2) is 37.9. The molecule has 570 valence electrons. The molecule has 5 aromatic rings. The van der Waals surface area contributed by atoms with Gasteiger partial charge < -0.3 is 81.9 Å². The largest absolute Gasteiger partial charge is 0.737 e. The van der Waals surface area contributed by atoms with E-state index in [0.717, 1.165) is 70.8 Å². The molecular formula is C69H98BF2N11O19S2+2. The lowest BCUT2D eigenvalue weighted by molar-refractivity contribution is -0.870. The van der Waals surface area contributed by atoms with Crippen molar-refractivity contribution in [2.24, 2.45) is 0 Å². The van der Waals surface area contributed by atoms with Crippen molar-refractivity contribution in [3.8, 4) is 23.3 Å². The predicted molar refractivity (Wildman–Crippen MR) is 387 cm³/mol. The lowest BCUT2D eigenvalue weighted by atomic mass is 9.88. The lowest BCUT2D eigenvalue weighted by Gasteiger charge is -2.31. The molecule has 7 rings (SSSR count). The Balaban J connectivity index is 0.952. The molecule has 0 bridgehead atoms. The number of hydrogen-bond acceptors (Lipinski definition) is 20. The molecule has 0 aliphatic carbocycles. The van der Waals surface area contributed by atoms with Gasteiger partial charge in [-0.1, -0.05) is 23.2 Å². The summed E-state index contributed by atoms with van der Waals surface area (Å²) in [6.07, 6.45) is 8.53. The zero-order valence-corrected chi connectivity index (χ0v) is 61.8. The summed E-state index contributed by atoms with van der Waals surface area (Å²) in [5, 5.41) is 63.1. The predicted octanol–water partition coefficient (Wildman–Crippen LogP) is 7.93. The van der Waals surface area contributed by atoms with Gasteiger partial charge in [-0.05, 0) is 145 Å². The van der Waals surface area contributed by atoms with Crippen LogP contribution in [0.15, 0.2) is 84.1 Å². The second-order valence-electron chi connectivity index (χ2n) is 27.8. The van der Waals surface area contributed by atoms with E-state index < -0.39 is 93.9 Å². The van der Waals surface area contributed by atoms with Crippen LogP contribution in [0.5, 0.6) is 23.3 Å². The third-order valence-corrected chi connectivity index (χ3v) is 18.7. The molecule has 2 aromatic carbocycles. The number of carbonyl (C=O) groups excluding carboxylic acids is 4. The number of fused-ring (bicyclic) bond motifs is 2. The standard InChI is InChI=1S/C69H96BF2N11O19S2/c1-47-22-29-56(74-47)62-43-51(17-15-39-103-102-101-93)60-44-59-50(18-16-40-104(94,95)96)41-53(78(59)70(71,72)79(60)62)26-23-49-24-27-54(28-25-49)97-37-14-21-64(85)75-58(20-11-13-36-83(7,8)9)68(89)76-57(19-10-12-35-82(4,5)6)67(88)73-32-33-77(3)34-38-98-63-45-61(81(91)92)55(42-52(63)46-84)48(2)99-69(90)100-80-65(86)30-31-66(80)87/h22-31,41-45,48,57-58,74,84H,10-21,32-40,46H2,1-9H3,(H5-2,73,75,76,85,86,87,88,89,93,94,95,96)/p+2. The number of aromatic amines is 1. The second-order valence-corrected chi connectivity index (χ2v) is 30.1. The number of nitrogens with one attached hydrogen (secondary N) is 4. The number of rotatable bonds is 44. The molecule has 0 spiro atoms. The first-order chi connectivity index (χ1) is 49.1. The Morgan fingerprint density at radius 3 is 2.12 bits per heavy atom. The molecule has 2 aliphatic heterocycles. The summed E-state index contributed by atoms with van der Waals surface area (Å²) in [4.78, 5) is 75.9. The minimum absolute atomic E-state index is 0.00362. The zero-order valence-electron chi connectivity index (χ0n) is 60.2. The molecule has 0 saturated carbocycles. The van der Waals surface area contributed by atoms with E-state index in [1.807, 2.05) is 11.8 Å². The van der Waals surface area contributed by atoms with E-state index in [2.05, 4.69) is 72.6 Å². The Kier molecular flexibility index (Phi) is 30.1. The van der Waals surface area contributed by atoms with Crippen LogP contribution in [0.2, 0.25) is 0 Å². The normalized spacial score (nSPS) is 14.5. The van der Waals surface area contributed by atoms with E-state index in [1.165, 1.54) is 13.0 Å². The van der Waals surface area contributed by atoms with Crippen LogP contribution in [0.1, 0.15) is 129 Å². The summed E-state index contributed by atoms with van der Waals surface area (Å²) in [5.74, 6) is -2.25. The van der Waals surface area contributed by atoms with Crippen molar-refractivity contribution in [2.75, 3.05) is 107 Å². The highest BCUT2D eigenvalue weighted by Gasteiger charge is 2.55. The fraction of sp³-hybridized carbons (Fsp3) is 0.493. The molecular weight excluding hydrogens is 1400 g/mol. The molecule has 0 saturated heterocycles. The van der Waals surface area contributed by atoms with Crippen molar-refractivity contribution in [1.82, 2.24) is 35.0 Å². The van der Waals surface area contributed by atoms with Crippen LogP contribution >= 0.6 is 12.0 Å². The molecule has 104 heavy (non-hydrogen) atoms. The first-order valence-corrected chi connectivity index (χ1v) is 36.8. The van der Waals surface area contributed by atoms with Gasteiger partial charge in [0, 0.05) is 96.4 Å². The number of aryl methyl sites for hydroxylation is 2. The van der Waals surface area contributed by atoms with Crippen molar-refractivity contribution < 1.29 is 108 Å². The number of unbranched alkanes of at least 4 members (excludes halogenated alkanes) is 2. The minimum atomic E-state index is -4.58. The number of allylic oxidation sites excluding steroid dienone is 2.